The first kappa shape index (κ1) is 10.2. The highest BCUT2D eigenvalue weighted by atomic mass is 16.5. The van der Waals surface area contributed by atoms with E-state index in [0.717, 1.165) is 5.76 Å². The maximum absolute atomic E-state index is 11.8. The van der Waals surface area contributed by atoms with Crippen molar-refractivity contribution >= 4 is 11.8 Å². The zero-order valence-electron chi connectivity index (χ0n) is 8.58. The molecule has 5 heteroatoms. The highest BCUT2D eigenvalue weighted by Gasteiger charge is 2.44. The van der Waals surface area contributed by atoms with Crippen molar-refractivity contribution in [3.05, 3.63) is 17.9 Å². The number of nitrogens with one attached hydrogen (secondary N) is 1. The molecule has 1 aromatic rings. The number of anilines is 1. The molecule has 5 nitrogen and oxygen atoms in total. The topological polar surface area (TPSA) is 77.5 Å². The van der Waals surface area contributed by atoms with Crippen LogP contribution in [0.5, 0.6) is 0 Å². The van der Waals surface area contributed by atoms with E-state index in [2.05, 4.69) is 5.32 Å². The van der Waals surface area contributed by atoms with Gasteiger partial charge in [0.25, 0.3) is 0 Å². The first-order valence-electron chi connectivity index (χ1n) is 4.82. The predicted molar refractivity (Wildman–Crippen MR) is 54.4 cm³/mol. The first-order chi connectivity index (χ1) is 7.16. The Morgan fingerprint density at radius 2 is 2.33 bits per heavy atom. The number of ether oxygens (including phenoxy) is 1. The minimum absolute atomic E-state index is 0.134. The fraction of sp³-hybridized carbons (Fsp3) is 0.500. The monoisotopic (exact) mass is 210 g/mol. The maximum Gasteiger partial charge on any atom is 0.238 e. The van der Waals surface area contributed by atoms with E-state index in [-0.39, 0.29) is 5.91 Å². The van der Waals surface area contributed by atoms with Crippen LogP contribution in [0.3, 0.4) is 0 Å². The van der Waals surface area contributed by atoms with E-state index >= 15 is 0 Å². The van der Waals surface area contributed by atoms with Crippen LogP contribution in [0, 0.1) is 12.3 Å². The van der Waals surface area contributed by atoms with Crippen LogP contribution >= 0.6 is 0 Å². The Morgan fingerprint density at radius 1 is 1.60 bits per heavy atom. The van der Waals surface area contributed by atoms with Crippen LogP contribution < -0.4 is 11.1 Å². The Labute approximate surface area is 87.6 Å². The number of carbonyl (C=O) groups excluding carboxylic acids is 1. The fourth-order valence-electron chi connectivity index (χ4n) is 1.44. The van der Waals surface area contributed by atoms with Crippen LogP contribution in [-0.4, -0.2) is 25.7 Å². The lowest BCUT2D eigenvalue weighted by Gasteiger charge is -2.38. The predicted octanol–water partition coefficient (Wildman–Crippen LogP) is 0.502. The van der Waals surface area contributed by atoms with E-state index in [0.29, 0.717) is 25.6 Å². The molecule has 0 radical (unpaired) electrons. The summed E-state index contributed by atoms with van der Waals surface area (Å²) in [4.78, 5) is 11.8. The van der Waals surface area contributed by atoms with Crippen LogP contribution in [-0.2, 0) is 9.53 Å². The third-order valence-corrected chi connectivity index (χ3v) is 2.61. The van der Waals surface area contributed by atoms with Crippen molar-refractivity contribution in [1.82, 2.24) is 0 Å². The summed E-state index contributed by atoms with van der Waals surface area (Å²) in [5.41, 5.74) is 4.99. The van der Waals surface area contributed by atoms with Gasteiger partial charge in [-0.3, -0.25) is 10.1 Å². The molecule has 0 aliphatic carbocycles. The number of carbonyl (C=O) groups is 1. The molecule has 1 saturated heterocycles. The molecule has 0 saturated carbocycles. The molecule has 0 atom stereocenters. The van der Waals surface area contributed by atoms with Crippen molar-refractivity contribution in [1.29, 1.82) is 0 Å². The van der Waals surface area contributed by atoms with E-state index in [1.165, 1.54) is 0 Å². The summed E-state index contributed by atoms with van der Waals surface area (Å²) in [5, 5.41) is 2.69. The summed E-state index contributed by atoms with van der Waals surface area (Å²) in [7, 11) is 0. The van der Waals surface area contributed by atoms with Gasteiger partial charge < -0.3 is 14.9 Å². The summed E-state index contributed by atoms with van der Waals surface area (Å²) in [6.45, 7) is 2.88. The number of furan rings is 1. The van der Waals surface area contributed by atoms with Crippen LogP contribution in [0.4, 0.5) is 5.88 Å². The molecule has 0 aromatic carbocycles. The van der Waals surface area contributed by atoms with Gasteiger partial charge in [0.05, 0.1) is 13.2 Å². The van der Waals surface area contributed by atoms with Gasteiger partial charge in [-0.25, -0.2) is 0 Å². The van der Waals surface area contributed by atoms with Crippen LogP contribution in [0.25, 0.3) is 0 Å². The van der Waals surface area contributed by atoms with E-state index in [1.54, 1.807) is 12.1 Å². The molecule has 1 amide bonds. The fourth-order valence-corrected chi connectivity index (χ4v) is 1.44. The SMILES string of the molecule is Cc1ccc(NC(=O)C2(CN)COC2)o1. The van der Waals surface area contributed by atoms with Crippen molar-refractivity contribution in [2.45, 2.75) is 6.92 Å². The minimum Gasteiger partial charge on any atom is -0.446 e. The molecule has 82 valence electrons. The van der Waals surface area contributed by atoms with Crippen LogP contribution in [0.2, 0.25) is 0 Å². The van der Waals surface area contributed by atoms with Gasteiger partial charge in [-0.05, 0) is 13.0 Å². The summed E-state index contributed by atoms with van der Waals surface area (Å²) < 4.78 is 10.3. The van der Waals surface area contributed by atoms with Crippen LogP contribution in [0.1, 0.15) is 5.76 Å². The molecule has 2 heterocycles. The second-order valence-electron chi connectivity index (χ2n) is 3.84. The van der Waals surface area contributed by atoms with Gasteiger partial charge in [-0.2, -0.15) is 0 Å². The highest BCUT2D eigenvalue weighted by molar-refractivity contribution is 5.95. The third kappa shape index (κ3) is 1.75. The molecular weight excluding hydrogens is 196 g/mol. The lowest BCUT2D eigenvalue weighted by atomic mass is 9.85. The average molecular weight is 210 g/mol. The largest absolute Gasteiger partial charge is 0.446 e. The molecular formula is C10H14N2O3. The molecule has 1 aliphatic rings. The number of hydrogen-bond donors (Lipinski definition) is 2. The quantitative estimate of drug-likeness (QED) is 0.761. The highest BCUT2D eigenvalue weighted by Crippen LogP contribution is 2.28. The third-order valence-electron chi connectivity index (χ3n) is 2.61. The van der Waals surface area contributed by atoms with Crippen molar-refractivity contribution in [2.24, 2.45) is 11.1 Å². The summed E-state index contributed by atoms with van der Waals surface area (Å²) in [6, 6.07) is 3.51. The number of rotatable bonds is 3. The normalized spacial score (nSPS) is 18.3. The standard InChI is InChI=1S/C10H14N2O3/c1-7-2-3-8(15-7)12-9(13)10(4-11)5-14-6-10/h2-3H,4-6,11H2,1H3,(H,12,13). The zero-order chi connectivity index (χ0) is 10.9. The molecule has 0 bridgehead atoms. The second-order valence-corrected chi connectivity index (χ2v) is 3.84. The summed E-state index contributed by atoms with van der Waals surface area (Å²) >= 11 is 0. The van der Waals surface area contributed by atoms with Gasteiger partial charge in [-0.15, -0.1) is 0 Å². The Kier molecular flexibility index (Phi) is 2.50. The van der Waals surface area contributed by atoms with Gasteiger partial charge in [-0.1, -0.05) is 0 Å². The molecule has 1 fully saturated rings. The van der Waals surface area contributed by atoms with Crippen LogP contribution in [0.15, 0.2) is 16.5 Å². The molecule has 0 spiro atoms. The lowest BCUT2D eigenvalue weighted by Crippen LogP contribution is -2.56. The van der Waals surface area contributed by atoms with Gasteiger partial charge >= 0.3 is 0 Å². The van der Waals surface area contributed by atoms with Crippen molar-refractivity contribution in [3.63, 3.8) is 0 Å². The Bertz CT molecular complexity index is 363. The number of amides is 1. The van der Waals surface area contributed by atoms with Crippen molar-refractivity contribution < 1.29 is 13.9 Å². The van der Waals surface area contributed by atoms with E-state index < -0.39 is 5.41 Å². The van der Waals surface area contributed by atoms with E-state index in [1.807, 2.05) is 6.92 Å². The maximum atomic E-state index is 11.8. The molecule has 1 aliphatic heterocycles. The molecule has 1 aromatic heterocycles. The molecule has 15 heavy (non-hydrogen) atoms. The summed E-state index contributed by atoms with van der Waals surface area (Å²) in [6.07, 6.45) is 0. The van der Waals surface area contributed by atoms with Gasteiger partial charge in [0.15, 0.2) is 5.88 Å². The van der Waals surface area contributed by atoms with Gasteiger partial charge in [0.2, 0.25) is 5.91 Å². The Morgan fingerprint density at radius 3 is 2.73 bits per heavy atom. The lowest BCUT2D eigenvalue weighted by molar-refractivity contribution is -0.153. The van der Waals surface area contributed by atoms with Crippen molar-refractivity contribution in [3.8, 4) is 0 Å². The Hall–Kier alpha value is -1.33. The van der Waals surface area contributed by atoms with E-state index in [9.17, 15) is 4.79 Å². The van der Waals surface area contributed by atoms with E-state index in [4.69, 9.17) is 14.9 Å². The smallest absolute Gasteiger partial charge is 0.238 e. The molecule has 0 unspecified atom stereocenters. The van der Waals surface area contributed by atoms with Gasteiger partial charge in [0, 0.05) is 12.6 Å². The average Bonchev–Trinajstić information content (AvgIpc) is 2.50. The minimum atomic E-state index is -0.569. The number of hydrogen-bond acceptors (Lipinski definition) is 4. The molecule has 3 N–H and O–H groups in total. The first-order valence-corrected chi connectivity index (χ1v) is 4.82. The number of nitrogens with two attached hydrogens (primary N) is 1. The zero-order valence-corrected chi connectivity index (χ0v) is 8.58. The van der Waals surface area contributed by atoms with Crippen molar-refractivity contribution in [2.75, 3.05) is 25.1 Å². The summed E-state index contributed by atoms with van der Waals surface area (Å²) in [5.74, 6) is 1.08. The molecule has 2 rings (SSSR count). The number of aryl methyl sites for hydroxylation is 1. The Balaban J connectivity index is 2.03. The van der Waals surface area contributed by atoms with Gasteiger partial charge in [0.1, 0.15) is 11.2 Å². The second kappa shape index (κ2) is 3.67.